The van der Waals surface area contributed by atoms with Crippen molar-refractivity contribution in [3.63, 3.8) is 0 Å². The Morgan fingerprint density at radius 3 is 2.58 bits per heavy atom. The molecular formula is C20H31NO4S. The standard InChI is InChI=1S/C20H31NO4S/c1-6-8-9-10-14-25-19-15-18(24-5)12-13-20(19)26(22,23)21(4)16-17(3)11-7-2/h6-7,12-13,15,17H,1-2,8-11,14,16H2,3-5H3. The van der Waals surface area contributed by atoms with Crippen LogP contribution in [-0.4, -0.2) is 40.0 Å². The number of ether oxygens (including phenoxy) is 2. The first-order chi connectivity index (χ1) is 12.4. The van der Waals surface area contributed by atoms with Gasteiger partial charge in [0.25, 0.3) is 0 Å². The van der Waals surface area contributed by atoms with Crippen LogP contribution in [0.5, 0.6) is 11.5 Å². The summed E-state index contributed by atoms with van der Waals surface area (Å²) >= 11 is 0. The molecule has 1 atom stereocenters. The Morgan fingerprint density at radius 1 is 1.23 bits per heavy atom. The molecule has 0 aliphatic rings. The van der Waals surface area contributed by atoms with E-state index < -0.39 is 10.0 Å². The molecule has 1 unspecified atom stereocenters. The third kappa shape index (κ3) is 6.50. The number of sulfonamides is 1. The zero-order chi connectivity index (χ0) is 19.6. The maximum Gasteiger partial charge on any atom is 0.246 e. The van der Waals surface area contributed by atoms with Crippen LogP contribution in [0.4, 0.5) is 0 Å². The summed E-state index contributed by atoms with van der Waals surface area (Å²) in [5.74, 6) is 1.08. The first kappa shape index (κ1) is 22.3. The van der Waals surface area contributed by atoms with E-state index in [0.29, 0.717) is 24.7 Å². The van der Waals surface area contributed by atoms with Gasteiger partial charge in [0.1, 0.15) is 16.4 Å². The second-order valence-corrected chi connectivity index (χ2v) is 8.37. The summed E-state index contributed by atoms with van der Waals surface area (Å²) in [7, 11) is -0.521. The molecule has 26 heavy (non-hydrogen) atoms. The van der Waals surface area contributed by atoms with Gasteiger partial charge in [0.05, 0.1) is 13.7 Å². The predicted octanol–water partition coefficient (Wildman–Crippen LogP) is 4.26. The maximum atomic E-state index is 13.0. The molecule has 0 N–H and O–H groups in total. The van der Waals surface area contributed by atoms with Crippen LogP contribution in [0.3, 0.4) is 0 Å². The number of benzene rings is 1. The molecule has 6 heteroatoms. The lowest BCUT2D eigenvalue weighted by atomic mass is 10.1. The third-order valence-electron chi connectivity index (χ3n) is 4.04. The Balaban J connectivity index is 3.00. The Bertz CT molecular complexity index is 685. The van der Waals surface area contributed by atoms with Crippen LogP contribution in [0.25, 0.3) is 0 Å². The molecule has 0 amide bonds. The molecule has 0 aliphatic carbocycles. The fourth-order valence-electron chi connectivity index (χ4n) is 2.58. The van der Waals surface area contributed by atoms with Crippen molar-refractivity contribution < 1.29 is 17.9 Å². The van der Waals surface area contributed by atoms with Crippen molar-refractivity contribution in [1.82, 2.24) is 4.31 Å². The van der Waals surface area contributed by atoms with Gasteiger partial charge < -0.3 is 9.47 Å². The molecule has 0 aromatic heterocycles. The van der Waals surface area contributed by atoms with Gasteiger partial charge in [-0.1, -0.05) is 19.1 Å². The predicted molar refractivity (Wildman–Crippen MR) is 106 cm³/mol. The van der Waals surface area contributed by atoms with E-state index in [1.165, 1.54) is 4.31 Å². The molecule has 146 valence electrons. The molecular weight excluding hydrogens is 350 g/mol. The summed E-state index contributed by atoms with van der Waals surface area (Å²) in [6, 6.07) is 4.81. The van der Waals surface area contributed by atoms with Gasteiger partial charge in [-0.2, -0.15) is 0 Å². The van der Waals surface area contributed by atoms with Crippen molar-refractivity contribution >= 4 is 10.0 Å². The van der Waals surface area contributed by atoms with Gasteiger partial charge in [-0.3, -0.25) is 0 Å². The molecule has 1 aromatic rings. The average Bonchev–Trinajstić information content (AvgIpc) is 2.61. The van der Waals surface area contributed by atoms with Crippen molar-refractivity contribution in [3.05, 3.63) is 43.5 Å². The molecule has 1 rings (SSSR count). The highest BCUT2D eigenvalue weighted by molar-refractivity contribution is 7.89. The highest BCUT2D eigenvalue weighted by Crippen LogP contribution is 2.31. The lowest BCUT2D eigenvalue weighted by Crippen LogP contribution is -2.31. The Labute approximate surface area is 158 Å². The molecule has 0 saturated heterocycles. The zero-order valence-electron chi connectivity index (χ0n) is 16.1. The van der Waals surface area contributed by atoms with E-state index in [1.54, 1.807) is 38.4 Å². The monoisotopic (exact) mass is 381 g/mol. The van der Waals surface area contributed by atoms with E-state index in [0.717, 1.165) is 25.7 Å². The van der Waals surface area contributed by atoms with E-state index in [-0.39, 0.29) is 10.8 Å². The van der Waals surface area contributed by atoms with Gasteiger partial charge in [-0.15, -0.1) is 13.2 Å². The van der Waals surface area contributed by atoms with Crippen molar-refractivity contribution in [3.8, 4) is 11.5 Å². The molecule has 0 bridgehead atoms. The normalized spacial score (nSPS) is 12.6. The van der Waals surface area contributed by atoms with Gasteiger partial charge in [0, 0.05) is 19.7 Å². The van der Waals surface area contributed by atoms with Gasteiger partial charge in [0.15, 0.2) is 0 Å². The van der Waals surface area contributed by atoms with E-state index in [4.69, 9.17) is 9.47 Å². The SMILES string of the molecule is C=CCCCCOc1cc(OC)ccc1S(=O)(=O)N(C)CC(C)CC=C. The first-order valence-electron chi connectivity index (χ1n) is 8.85. The van der Waals surface area contributed by atoms with E-state index in [1.807, 2.05) is 13.0 Å². The van der Waals surface area contributed by atoms with Crippen molar-refractivity contribution in [2.24, 2.45) is 5.92 Å². The highest BCUT2D eigenvalue weighted by Gasteiger charge is 2.26. The van der Waals surface area contributed by atoms with Gasteiger partial charge in [-0.05, 0) is 43.7 Å². The number of allylic oxidation sites excluding steroid dienone is 2. The number of methoxy groups -OCH3 is 1. The van der Waals surface area contributed by atoms with Crippen molar-refractivity contribution in [1.29, 1.82) is 0 Å². The largest absolute Gasteiger partial charge is 0.497 e. The summed E-state index contributed by atoms with van der Waals surface area (Å²) in [6.07, 6.45) is 7.12. The third-order valence-corrected chi connectivity index (χ3v) is 5.90. The van der Waals surface area contributed by atoms with E-state index in [9.17, 15) is 8.42 Å². The number of nitrogens with zero attached hydrogens (tertiary/aromatic N) is 1. The lowest BCUT2D eigenvalue weighted by Gasteiger charge is -2.22. The molecule has 0 radical (unpaired) electrons. The zero-order valence-corrected chi connectivity index (χ0v) is 16.9. The van der Waals surface area contributed by atoms with E-state index >= 15 is 0 Å². The van der Waals surface area contributed by atoms with Crippen molar-refractivity contribution in [2.75, 3.05) is 27.3 Å². The van der Waals surface area contributed by atoms with E-state index in [2.05, 4.69) is 13.2 Å². The minimum atomic E-state index is -3.65. The molecule has 0 aliphatic heterocycles. The minimum absolute atomic E-state index is 0.162. The van der Waals surface area contributed by atoms with Gasteiger partial charge in [-0.25, -0.2) is 12.7 Å². The van der Waals surface area contributed by atoms with Gasteiger partial charge >= 0.3 is 0 Å². The van der Waals surface area contributed by atoms with Gasteiger partial charge in [0.2, 0.25) is 10.0 Å². The molecule has 0 fully saturated rings. The lowest BCUT2D eigenvalue weighted by molar-refractivity contribution is 0.296. The quantitative estimate of drug-likeness (QED) is 0.378. The van der Waals surface area contributed by atoms with Crippen LogP contribution in [-0.2, 0) is 10.0 Å². The maximum absolute atomic E-state index is 13.0. The van der Waals surface area contributed by atoms with Crippen LogP contribution in [0.15, 0.2) is 48.4 Å². The summed E-state index contributed by atoms with van der Waals surface area (Å²) in [5.41, 5.74) is 0. The average molecular weight is 382 g/mol. The highest BCUT2D eigenvalue weighted by atomic mass is 32.2. The van der Waals surface area contributed by atoms with Crippen LogP contribution >= 0.6 is 0 Å². The summed E-state index contributed by atoms with van der Waals surface area (Å²) < 4.78 is 38.3. The molecule has 0 heterocycles. The summed E-state index contributed by atoms with van der Waals surface area (Å²) in [5, 5.41) is 0. The number of hydrogen-bond acceptors (Lipinski definition) is 4. The Hall–Kier alpha value is -1.79. The first-order valence-corrected chi connectivity index (χ1v) is 10.3. The van der Waals surface area contributed by atoms with Crippen LogP contribution in [0.2, 0.25) is 0 Å². The summed E-state index contributed by atoms with van der Waals surface area (Å²) in [4.78, 5) is 0.162. The molecule has 5 nitrogen and oxygen atoms in total. The Kier molecular flexibility index (Phi) is 9.44. The van der Waals surface area contributed by atoms with Crippen LogP contribution in [0, 0.1) is 5.92 Å². The second kappa shape index (κ2) is 11.0. The number of unbranched alkanes of at least 4 members (excludes halogenated alkanes) is 2. The number of rotatable bonds is 13. The smallest absolute Gasteiger partial charge is 0.246 e. The summed E-state index contributed by atoms with van der Waals surface area (Å²) in [6.45, 7) is 10.3. The molecule has 0 saturated carbocycles. The fraction of sp³-hybridized carbons (Fsp3) is 0.500. The van der Waals surface area contributed by atoms with Crippen molar-refractivity contribution in [2.45, 2.75) is 37.5 Å². The molecule has 0 spiro atoms. The topological polar surface area (TPSA) is 55.8 Å². The second-order valence-electron chi connectivity index (χ2n) is 6.36. The number of hydrogen-bond donors (Lipinski definition) is 0. The fourth-order valence-corrected chi connectivity index (χ4v) is 3.98. The van der Waals surface area contributed by atoms with Crippen LogP contribution in [0.1, 0.15) is 32.6 Å². The molecule has 1 aromatic carbocycles. The minimum Gasteiger partial charge on any atom is -0.497 e. The van der Waals surface area contributed by atoms with Crippen LogP contribution < -0.4 is 9.47 Å². The Morgan fingerprint density at radius 2 is 1.96 bits per heavy atom.